The Hall–Kier alpha value is -2.30. The van der Waals surface area contributed by atoms with Gasteiger partial charge in [0, 0.05) is 17.9 Å². The zero-order valence-corrected chi connectivity index (χ0v) is 13.8. The van der Waals surface area contributed by atoms with Crippen molar-refractivity contribution in [1.82, 2.24) is 0 Å². The van der Waals surface area contributed by atoms with Crippen LogP contribution in [0.15, 0.2) is 34.6 Å². The molecule has 2 rings (SSSR count). The molecule has 0 saturated carbocycles. The summed E-state index contributed by atoms with van der Waals surface area (Å²) in [4.78, 5) is 48.3. The number of hydrogen-bond donors (Lipinski definition) is 0. The Bertz CT molecular complexity index is 690. The summed E-state index contributed by atoms with van der Waals surface area (Å²) in [6.45, 7) is 6.73. The standard InChI is InChI=1S/C18H20O5/c1-5-9(2)15(20)6-12-10(3)17-13(7-16(12)21)14(11(4)19)8-23-18(17)22/h7-9,17H,5-6H2,1-4H3. The molecule has 0 fully saturated rings. The third-order valence-electron chi connectivity index (χ3n) is 4.54. The monoisotopic (exact) mass is 316 g/mol. The first-order chi connectivity index (χ1) is 10.8. The van der Waals surface area contributed by atoms with E-state index in [1.165, 1.54) is 13.0 Å². The van der Waals surface area contributed by atoms with Gasteiger partial charge in [0.05, 0.1) is 5.57 Å². The number of ether oxygens (including phenoxy) is 1. The fourth-order valence-corrected chi connectivity index (χ4v) is 2.79. The highest BCUT2D eigenvalue weighted by Crippen LogP contribution is 2.38. The number of Topliss-reactive ketones (excluding diaryl/α,β-unsaturated/α-hetero) is 2. The molecule has 0 saturated heterocycles. The third-order valence-corrected chi connectivity index (χ3v) is 4.54. The van der Waals surface area contributed by atoms with Gasteiger partial charge in [0.2, 0.25) is 0 Å². The number of rotatable bonds is 5. The Balaban J connectivity index is 2.41. The first-order valence-corrected chi connectivity index (χ1v) is 7.68. The first-order valence-electron chi connectivity index (χ1n) is 7.68. The Morgan fingerprint density at radius 3 is 2.52 bits per heavy atom. The van der Waals surface area contributed by atoms with E-state index in [2.05, 4.69) is 0 Å². The van der Waals surface area contributed by atoms with Gasteiger partial charge in [-0.25, -0.2) is 0 Å². The van der Waals surface area contributed by atoms with E-state index in [4.69, 9.17) is 4.74 Å². The van der Waals surface area contributed by atoms with Crippen molar-refractivity contribution in [3.63, 3.8) is 0 Å². The molecule has 2 atom stereocenters. The maximum Gasteiger partial charge on any atom is 0.322 e. The second-order valence-electron chi connectivity index (χ2n) is 6.04. The number of cyclic esters (lactones) is 1. The van der Waals surface area contributed by atoms with Gasteiger partial charge < -0.3 is 4.74 Å². The highest BCUT2D eigenvalue weighted by Gasteiger charge is 2.39. The van der Waals surface area contributed by atoms with E-state index in [9.17, 15) is 19.2 Å². The molecule has 0 spiro atoms. The largest absolute Gasteiger partial charge is 0.433 e. The van der Waals surface area contributed by atoms with Gasteiger partial charge in [-0.2, -0.15) is 0 Å². The van der Waals surface area contributed by atoms with Gasteiger partial charge in [0.15, 0.2) is 11.6 Å². The zero-order valence-electron chi connectivity index (χ0n) is 13.8. The van der Waals surface area contributed by atoms with Gasteiger partial charge in [-0.15, -0.1) is 0 Å². The summed E-state index contributed by atoms with van der Waals surface area (Å²) < 4.78 is 4.96. The minimum absolute atomic E-state index is 0.00630. The third kappa shape index (κ3) is 3.09. The van der Waals surface area contributed by atoms with E-state index >= 15 is 0 Å². The van der Waals surface area contributed by atoms with Crippen LogP contribution in [0.4, 0.5) is 0 Å². The van der Waals surface area contributed by atoms with Crippen LogP contribution < -0.4 is 0 Å². The Labute approximate surface area is 135 Å². The minimum atomic E-state index is -0.781. The second-order valence-corrected chi connectivity index (χ2v) is 6.04. The number of carbonyl (C=O) groups excluding carboxylic acids is 4. The van der Waals surface area contributed by atoms with Gasteiger partial charge in [-0.05, 0) is 37.5 Å². The van der Waals surface area contributed by atoms with E-state index in [0.717, 1.165) is 6.26 Å². The molecule has 122 valence electrons. The van der Waals surface area contributed by atoms with Crippen molar-refractivity contribution >= 4 is 23.3 Å². The number of hydrogen-bond acceptors (Lipinski definition) is 5. The normalized spacial score (nSPS) is 22.0. The van der Waals surface area contributed by atoms with Crippen molar-refractivity contribution in [1.29, 1.82) is 0 Å². The molecule has 2 unspecified atom stereocenters. The van der Waals surface area contributed by atoms with E-state index < -0.39 is 11.9 Å². The van der Waals surface area contributed by atoms with Crippen molar-refractivity contribution in [2.24, 2.45) is 11.8 Å². The lowest BCUT2D eigenvalue weighted by atomic mass is 9.76. The highest BCUT2D eigenvalue weighted by atomic mass is 16.5. The molecular formula is C18H20O5. The Kier molecular flexibility index (Phi) is 4.78. The lowest BCUT2D eigenvalue weighted by Gasteiger charge is -2.29. The maximum absolute atomic E-state index is 12.4. The average molecular weight is 316 g/mol. The van der Waals surface area contributed by atoms with Crippen molar-refractivity contribution in [3.8, 4) is 0 Å². The van der Waals surface area contributed by atoms with Crippen LogP contribution in [-0.2, 0) is 23.9 Å². The van der Waals surface area contributed by atoms with Gasteiger partial charge >= 0.3 is 5.97 Å². The lowest BCUT2D eigenvalue weighted by Crippen LogP contribution is -2.32. The molecule has 5 heteroatoms. The first kappa shape index (κ1) is 17.1. The summed E-state index contributed by atoms with van der Waals surface area (Å²) in [5.74, 6) is -2.06. The number of allylic oxidation sites excluding steroid dienone is 3. The molecule has 0 radical (unpaired) electrons. The van der Waals surface area contributed by atoms with Gasteiger partial charge in [0.1, 0.15) is 18.0 Å². The Morgan fingerprint density at radius 2 is 1.96 bits per heavy atom. The van der Waals surface area contributed by atoms with Crippen molar-refractivity contribution in [2.45, 2.75) is 40.5 Å². The fraction of sp³-hybridized carbons (Fsp3) is 0.444. The smallest absolute Gasteiger partial charge is 0.322 e. The zero-order chi connectivity index (χ0) is 17.3. The molecule has 0 aromatic carbocycles. The topological polar surface area (TPSA) is 77.5 Å². The van der Waals surface area contributed by atoms with Crippen LogP contribution in [0.2, 0.25) is 0 Å². The van der Waals surface area contributed by atoms with Crippen LogP contribution in [-0.4, -0.2) is 23.3 Å². The van der Waals surface area contributed by atoms with Gasteiger partial charge in [0.25, 0.3) is 0 Å². The van der Waals surface area contributed by atoms with Gasteiger partial charge in [-0.1, -0.05) is 13.8 Å². The summed E-state index contributed by atoms with van der Waals surface area (Å²) in [5, 5.41) is 0. The number of fused-ring (bicyclic) bond motifs is 1. The summed E-state index contributed by atoms with van der Waals surface area (Å²) >= 11 is 0. The number of carbonyl (C=O) groups is 4. The second kappa shape index (κ2) is 6.44. The number of ketones is 3. The molecule has 0 N–H and O–H groups in total. The van der Waals surface area contributed by atoms with Crippen LogP contribution in [0.25, 0.3) is 0 Å². The molecule has 0 aromatic heterocycles. The lowest BCUT2D eigenvalue weighted by molar-refractivity contribution is -0.141. The SMILES string of the molecule is CCC(C)C(=O)CC1=C(C)C2C(=O)OC=C(C(C)=O)C2=CC1=O. The molecular weight excluding hydrogens is 296 g/mol. The molecule has 23 heavy (non-hydrogen) atoms. The maximum atomic E-state index is 12.4. The van der Waals surface area contributed by atoms with Gasteiger partial charge in [-0.3, -0.25) is 19.2 Å². The molecule has 5 nitrogen and oxygen atoms in total. The molecule has 2 aliphatic rings. The van der Waals surface area contributed by atoms with Crippen molar-refractivity contribution < 1.29 is 23.9 Å². The summed E-state index contributed by atoms with van der Waals surface area (Å²) in [6, 6.07) is 0. The van der Waals surface area contributed by atoms with Crippen LogP contribution in [0.1, 0.15) is 40.5 Å². The predicted octanol–water partition coefficient (Wildman–Crippen LogP) is 2.46. The van der Waals surface area contributed by atoms with Crippen LogP contribution in [0, 0.1) is 11.8 Å². The quantitative estimate of drug-likeness (QED) is 0.728. The molecule has 1 heterocycles. The molecule has 0 bridgehead atoms. The number of esters is 1. The summed E-state index contributed by atoms with van der Waals surface area (Å²) in [6.07, 6.45) is 3.10. The van der Waals surface area contributed by atoms with E-state index in [0.29, 0.717) is 23.1 Å². The van der Waals surface area contributed by atoms with Crippen LogP contribution >= 0.6 is 0 Å². The van der Waals surface area contributed by atoms with Crippen LogP contribution in [0.3, 0.4) is 0 Å². The van der Waals surface area contributed by atoms with Crippen LogP contribution in [0.5, 0.6) is 0 Å². The van der Waals surface area contributed by atoms with E-state index in [1.807, 2.05) is 13.8 Å². The average Bonchev–Trinajstić information content (AvgIpc) is 2.49. The minimum Gasteiger partial charge on any atom is -0.433 e. The Morgan fingerprint density at radius 1 is 1.30 bits per heavy atom. The summed E-state index contributed by atoms with van der Waals surface area (Å²) in [5.41, 5.74) is 1.44. The molecule has 0 aromatic rings. The highest BCUT2D eigenvalue weighted by molar-refractivity contribution is 6.14. The van der Waals surface area contributed by atoms with Crippen molar-refractivity contribution in [3.05, 3.63) is 34.6 Å². The summed E-state index contributed by atoms with van der Waals surface area (Å²) in [7, 11) is 0. The van der Waals surface area contributed by atoms with E-state index in [-0.39, 0.29) is 35.3 Å². The molecule has 1 aliphatic heterocycles. The molecule has 0 amide bonds. The van der Waals surface area contributed by atoms with Crippen molar-refractivity contribution in [2.75, 3.05) is 0 Å². The predicted molar refractivity (Wildman–Crippen MR) is 83.2 cm³/mol. The van der Waals surface area contributed by atoms with E-state index in [1.54, 1.807) is 6.92 Å². The molecule has 1 aliphatic carbocycles. The fourth-order valence-electron chi connectivity index (χ4n) is 2.79.